The van der Waals surface area contributed by atoms with Crippen LogP contribution in [0.3, 0.4) is 0 Å². The Morgan fingerprint density at radius 2 is 1.56 bits per heavy atom. The molecule has 1 heterocycles. The summed E-state index contributed by atoms with van der Waals surface area (Å²) < 4.78 is 0. The Bertz CT molecular complexity index is 664. The summed E-state index contributed by atoms with van der Waals surface area (Å²) in [6.45, 7) is 9.74. The van der Waals surface area contributed by atoms with Crippen LogP contribution >= 0.6 is 0 Å². The largest absolute Gasteiger partial charge is 0.339 e. The lowest BCUT2D eigenvalue weighted by Gasteiger charge is -2.34. The van der Waals surface area contributed by atoms with E-state index in [1.165, 1.54) is 12.5 Å². The molecule has 0 saturated carbocycles. The second kappa shape index (κ2) is 8.14. The molecular weight excluding hydrogens is 318 g/mol. The molecule has 6 nitrogen and oxygen atoms in total. The molecule has 1 aromatic rings. The van der Waals surface area contributed by atoms with Gasteiger partial charge in [-0.05, 0) is 37.1 Å². The normalized spacial score (nSPS) is 14.4. The maximum atomic E-state index is 12.4. The molecule has 1 saturated heterocycles. The van der Waals surface area contributed by atoms with Crippen molar-refractivity contribution in [2.24, 2.45) is 0 Å². The molecule has 0 radical (unpaired) electrons. The Morgan fingerprint density at radius 1 is 0.960 bits per heavy atom. The lowest BCUT2D eigenvalue weighted by atomic mass is 10.1. The zero-order valence-electron chi connectivity index (χ0n) is 15.5. The number of rotatable bonds is 4. The third kappa shape index (κ3) is 4.81. The molecular formula is C19H27N3O3. The van der Waals surface area contributed by atoms with Gasteiger partial charge in [-0.3, -0.25) is 14.4 Å². The average Bonchev–Trinajstić information content (AvgIpc) is 2.57. The van der Waals surface area contributed by atoms with Crippen molar-refractivity contribution in [1.29, 1.82) is 0 Å². The number of piperazine rings is 1. The maximum absolute atomic E-state index is 12.4. The second-order valence-electron chi connectivity index (χ2n) is 6.58. The van der Waals surface area contributed by atoms with E-state index in [-0.39, 0.29) is 24.1 Å². The minimum Gasteiger partial charge on any atom is -0.339 e. The zero-order chi connectivity index (χ0) is 18.6. The number of amides is 3. The summed E-state index contributed by atoms with van der Waals surface area (Å²) in [6.07, 6.45) is 0.284. The molecule has 1 fully saturated rings. The number of benzene rings is 1. The van der Waals surface area contributed by atoms with Crippen molar-refractivity contribution >= 4 is 23.4 Å². The third-order valence-electron chi connectivity index (χ3n) is 4.81. The Hall–Kier alpha value is -2.37. The molecule has 25 heavy (non-hydrogen) atoms. The molecule has 1 aliphatic heterocycles. The highest BCUT2D eigenvalue weighted by molar-refractivity contribution is 5.92. The van der Waals surface area contributed by atoms with Crippen molar-refractivity contribution in [3.8, 4) is 0 Å². The predicted octanol–water partition coefficient (Wildman–Crippen LogP) is 1.74. The summed E-state index contributed by atoms with van der Waals surface area (Å²) in [4.78, 5) is 41.0. The molecule has 2 rings (SSSR count). The van der Waals surface area contributed by atoms with Crippen LogP contribution < -0.4 is 4.90 Å². The van der Waals surface area contributed by atoms with Crippen LogP contribution in [0.2, 0.25) is 0 Å². The number of carbonyl (C=O) groups is 3. The molecule has 3 amide bonds. The van der Waals surface area contributed by atoms with Gasteiger partial charge in [-0.1, -0.05) is 6.07 Å². The fourth-order valence-electron chi connectivity index (χ4n) is 3.00. The van der Waals surface area contributed by atoms with Crippen LogP contribution in [0.1, 0.15) is 31.4 Å². The van der Waals surface area contributed by atoms with Crippen molar-refractivity contribution in [3.05, 3.63) is 29.3 Å². The van der Waals surface area contributed by atoms with Crippen LogP contribution in [0, 0.1) is 13.8 Å². The van der Waals surface area contributed by atoms with E-state index in [0.29, 0.717) is 32.7 Å². The molecule has 1 aliphatic rings. The first-order valence-electron chi connectivity index (χ1n) is 8.68. The van der Waals surface area contributed by atoms with Gasteiger partial charge in [0.25, 0.3) is 0 Å². The SMILES string of the molecule is CC(=O)N1CCN(C(=O)CCN(C(C)=O)c2ccc(C)c(C)c2)CC1. The first kappa shape index (κ1) is 19.0. The summed E-state index contributed by atoms with van der Waals surface area (Å²) in [6, 6.07) is 5.89. The van der Waals surface area contributed by atoms with Gasteiger partial charge in [0.2, 0.25) is 17.7 Å². The fraction of sp³-hybridized carbons (Fsp3) is 0.526. The summed E-state index contributed by atoms with van der Waals surface area (Å²) >= 11 is 0. The Labute approximate surface area is 149 Å². The van der Waals surface area contributed by atoms with Gasteiger partial charge in [-0.25, -0.2) is 0 Å². The summed E-state index contributed by atoms with van der Waals surface area (Å²) in [5.41, 5.74) is 3.12. The highest BCUT2D eigenvalue weighted by atomic mass is 16.2. The highest BCUT2D eigenvalue weighted by Gasteiger charge is 2.23. The second-order valence-corrected chi connectivity index (χ2v) is 6.58. The van der Waals surface area contributed by atoms with Crippen molar-refractivity contribution in [3.63, 3.8) is 0 Å². The zero-order valence-corrected chi connectivity index (χ0v) is 15.5. The third-order valence-corrected chi connectivity index (χ3v) is 4.81. The lowest BCUT2D eigenvalue weighted by molar-refractivity contribution is -0.138. The van der Waals surface area contributed by atoms with Gasteiger partial charge in [-0.15, -0.1) is 0 Å². The van der Waals surface area contributed by atoms with Crippen LogP contribution in [-0.4, -0.2) is 60.2 Å². The van der Waals surface area contributed by atoms with Crippen LogP contribution in [0.4, 0.5) is 5.69 Å². The monoisotopic (exact) mass is 345 g/mol. The van der Waals surface area contributed by atoms with E-state index < -0.39 is 0 Å². The van der Waals surface area contributed by atoms with Gasteiger partial charge < -0.3 is 14.7 Å². The van der Waals surface area contributed by atoms with Gasteiger partial charge in [0, 0.05) is 58.7 Å². The topological polar surface area (TPSA) is 60.9 Å². The Kier molecular flexibility index (Phi) is 6.17. The van der Waals surface area contributed by atoms with Crippen LogP contribution in [0.5, 0.6) is 0 Å². The quantitative estimate of drug-likeness (QED) is 0.835. The first-order valence-corrected chi connectivity index (χ1v) is 8.68. The Balaban J connectivity index is 1.95. The minimum atomic E-state index is -0.0718. The van der Waals surface area contributed by atoms with E-state index in [9.17, 15) is 14.4 Å². The van der Waals surface area contributed by atoms with E-state index in [1.807, 2.05) is 32.0 Å². The summed E-state index contributed by atoms with van der Waals surface area (Å²) in [5.74, 6) is 0.000308. The molecule has 1 aromatic carbocycles. The number of aryl methyl sites for hydroxylation is 2. The predicted molar refractivity (Wildman–Crippen MR) is 97.4 cm³/mol. The van der Waals surface area contributed by atoms with E-state index in [0.717, 1.165) is 11.3 Å². The molecule has 0 aliphatic carbocycles. The van der Waals surface area contributed by atoms with Gasteiger partial charge in [0.1, 0.15) is 0 Å². The standard InChI is InChI=1S/C19H27N3O3/c1-14-5-6-18(13-15(14)2)22(17(4)24)8-7-19(25)21-11-9-20(10-12-21)16(3)23/h5-6,13H,7-12H2,1-4H3. The molecule has 6 heteroatoms. The van der Waals surface area contributed by atoms with Gasteiger partial charge in [0.15, 0.2) is 0 Å². The van der Waals surface area contributed by atoms with E-state index >= 15 is 0 Å². The average molecular weight is 345 g/mol. The number of hydrogen-bond acceptors (Lipinski definition) is 3. The highest BCUT2D eigenvalue weighted by Crippen LogP contribution is 2.19. The molecule has 0 N–H and O–H groups in total. The van der Waals surface area contributed by atoms with E-state index in [2.05, 4.69) is 0 Å². The number of anilines is 1. The van der Waals surface area contributed by atoms with Crippen molar-refractivity contribution in [2.45, 2.75) is 34.1 Å². The lowest BCUT2D eigenvalue weighted by Crippen LogP contribution is -2.50. The van der Waals surface area contributed by atoms with E-state index in [1.54, 1.807) is 21.6 Å². The summed E-state index contributed by atoms with van der Waals surface area (Å²) in [7, 11) is 0. The van der Waals surface area contributed by atoms with Gasteiger partial charge in [0.05, 0.1) is 0 Å². The van der Waals surface area contributed by atoms with Crippen LogP contribution in [0.25, 0.3) is 0 Å². The number of nitrogens with zero attached hydrogens (tertiary/aromatic N) is 3. The summed E-state index contributed by atoms with van der Waals surface area (Å²) in [5, 5.41) is 0. The molecule has 0 aromatic heterocycles. The Morgan fingerprint density at radius 3 is 2.08 bits per heavy atom. The van der Waals surface area contributed by atoms with Crippen LogP contribution in [-0.2, 0) is 14.4 Å². The van der Waals surface area contributed by atoms with Crippen molar-refractivity contribution in [2.75, 3.05) is 37.6 Å². The molecule has 0 spiro atoms. The molecule has 0 unspecified atom stereocenters. The van der Waals surface area contributed by atoms with Crippen molar-refractivity contribution in [1.82, 2.24) is 9.80 Å². The smallest absolute Gasteiger partial charge is 0.224 e. The fourth-order valence-corrected chi connectivity index (χ4v) is 3.00. The number of hydrogen-bond donors (Lipinski definition) is 0. The molecule has 0 bridgehead atoms. The first-order chi connectivity index (χ1) is 11.8. The van der Waals surface area contributed by atoms with Gasteiger partial charge >= 0.3 is 0 Å². The maximum Gasteiger partial charge on any atom is 0.224 e. The van der Waals surface area contributed by atoms with E-state index in [4.69, 9.17) is 0 Å². The van der Waals surface area contributed by atoms with Gasteiger partial charge in [-0.2, -0.15) is 0 Å². The molecule has 0 atom stereocenters. The molecule has 136 valence electrons. The van der Waals surface area contributed by atoms with Crippen LogP contribution in [0.15, 0.2) is 18.2 Å². The number of carbonyl (C=O) groups excluding carboxylic acids is 3. The minimum absolute atomic E-state index is 0.0262. The van der Waals surface area contributed by atoms with Crippen molar-refractivity contribution < 1.29 is 14.4 Å².